The Morgan fingerprint density at radius 2 is 1.54 bits per heavy atom. The molecule has 0 aromatic heterocycles. The van der Waals surface area contributed by atoms with E-state index < -0.39 is 0 Å². The van der Waals surface area contributed by atoms with E-state index in [1.807, 2.05) is 50.3 Å². The van der Waals surface area contributed by atoms with Crippen molar-refractivity contribution < 1.29 is 4.79 Å². The van der Waals surface area contributed by atoms with Gasteiger partial charge in [-0.3, -0.25) is 4.79 Å². The smallest absolute Gasteiger partial charge is 0.155 e. The summed E-state index contributed by atoms with van der Waals surface area (Å²) in [5.41, 5.74) is 0. The van der Waals surface area contributed by atoms with Crippen molar-refractivity contribution in [1.82, 2.24) is 0 Å². The lowest BCUT2D eigenvalue weighted by Gasteiger charge is -1.80. The first-order valence-electron chi connectivity index (χ1n) is 4.46. The summed E-state index contributed by atoms with van der Waals surface area (Å²) < 4.78 is 0. The summed E-state index contributed by atoms with van der Waals surface area (Å²) in [7, 11) is 0. The van der Waals surface area contributed by atoms with Gasteiger partial charge in [-0.05, 0) is 13.0 Å². The number of ketones is 1. The Hall–Kier alpha value is -1.37. The monoisotopic (exact) mass is 176 g/mol. The number of hydrogen-bond donors (Lipinski definition) is 0. The molecule has 0 amide bonds. The molecule has 0 N–H and O–H groups in total. The van der Waals surface area contributed by atoms with Crippen LogP contribution in [-0.4, -0.2) is 5.78 Å². The van der Waals surface area contributed by atoms with Crippen molar-refractivity contribution in [3.63, 3.8) is 0 Å². The van der Waals surface area contributed by atoms with Crippen molar-refractivity contribution in [3.05, 3.63) is 48.6 Å². The van der Waals surface area contributed by atoms with Crippen LogP contribution in [0.1, 0.15) is 20.3 Å². The van der Waals surface area contributed by atoms with E-state index in [0.717, 1.165) is 0 Å². The van der Waals surface area contributed by atoms with Gasteiger partial charge in [0.05, 0.1) is 0 Å². The van der Waals surface area contributed by atoms with Gasteiger partial charge in [0.1, 0.15) is 0 Å². The molecule has 1 nitrogen and oxygen atoms in total. The summed E-state index contributed by atoms with van der Waals surface area (Å²) >= 11 is 0. The molecule has 70 valence electrons. The van der Waals surface area contributed by atoms with Crippen LogP contribution in [0.15, 0.2) is 48.6 Å². The van der Waals surface area contributed by atoms with E-state index in [0.29, 0.717) is 6.42 Å². The molecule has 0 saturated heterocycles. The SMILES string of the molecule is C/C=C/C=C/C=C/C=C/C(=O)CC. The summed E-state index contributed by atoms with van der Waals surface area (Å²) in [6.07, 6.45) is 15.4. The zero-order valence-electron chi connectivity index (χ0n) is 8.23. The van der Waals surface area contributed by atoms with Crippen LogP contribution in [0, 0.1) is 0 Å². The normalized spacial score (nSPS) is 12.8. The molecule has 0 aliphatic carbocycles. The first kappa shape index (κ1) is 11.6. The summed E-state index contributed by atoms with van der Waals surface area (Å²) in [6, 6.07) is 0. The molecular formula is C12H16O. The minimum atomic E-state index is 0.155. The number of carbonyl (C=O) groups excluding carboxylic acids is 1. The lowest BCUT2D eigenvalue weighted by atomic mass is 10.3. The number of rotatable bonds is 5. The van der Waals surface area contributed by atoms with Gasteiger partial charge in [0, 0.05) is 6.42 Å². The van der Waals surface area contributed by atoms with E-state index in [1.165, 1.54) is 0 Å². The highest BCUT2D eigenvalue weighted by Crippen LogP contribution is 1.85. The number of allylic oxidation sites excluding steroid dienone is 8. The highest BCUT2D eigenvalue weighted by molar-refractivity contribution is 5.89. The van der Waals surface area contributed by atoms with Gasteiger partial charge >= 0.3 is 0 Å². The molecular weight excluding hydrogens is 160 g/mol. The third kappa shape index (κ3) is 8.54. The molecule has 0 radical (unpaired) electrons. The minimum absolute atomic E-state index is 0.155. The largest absolute Gasteiger partial charge is 0.295 e. The number of hydrogen-bond acceptors (Lipinski definition) is 1. The first-order valence-corrected chi connectivity index (χ1v) is 4.46. The molecule has 0 spiro atoms. The van der Waals surface area contributed by atoms with E-state index >= 15 is 0 Å². The van der Waals surface area contributed by atoms with Gasteiger partial charge < -0.3 is 0 Å². The molecule has 0 saturated carbocycles. The van der Waals surface area contributed by atoms with Crippen LogP contribution in [0.4, 0.5) is 0 Å². The molecule has 0 rings (SSSR count). The van der Waals surface area contributed by atoms with E-state index in [2.05, 4.69) is 0 Å². The third-order valence-corrected chi connectivity index (χ3v) is 1.38. The summed E-state index contributed by atoms with van der Waals surface area (Å²) in [6.45, 7) is 3.82. The van der Waals surface area contributed by atoms with E-state index in [1.54, 1.807) is 12.2 Å². The van der Waals surface area contributed by atoms with Gasteiger partial charge in [0.25, 0.3) is 0 Å². The topological polar surface area (TPSA) is 17.1 Å². The van der Waals surface area contributed by atoms with Gasteiger partial charge in [0.2, 0.25) is 0 Å². The van der Waals surface area contributed by atoms with Gasteiger partial charge in [-0.25, -0.2) is 0 Å². The second kappa shape index (κ2) is 8.72. The average Bonchev–Trinajstić information content (AvgIpc) is 2.16. The number of carbonyl (C=O) groups is 1. The van der Waals surface area contributed by atoms with Crippen molar-refractivity contribution in [2.75, 3.05) is 0 Å². The summed E-state index contributed by atoms with van der Waals surface area (Å²) in [5, 5.41) is 0. The average molecular weight is 176 g/mol. The highest BCUT2D eigenvalue weighted by atomic mass is 16.1. The Balaban J connectivity index is 3.75. The van der Waals surface area contributed by atoms with Gasteiger partial charge in [-0.1, -0.05) is 49.5 Å². The molecule has 0 heterocycles. The predicted molar refractivity (Wildman–Crippen MR) is 57.5 cm³/mol. The van der Waals surface area contributed by atoms with E-state index in [9.17, 15) is 4.79 Å². The Morgan fingerprint density at radius 1 is 1.00 bits per heavy atom. The summed E-state index contributed by atoms with van der Waals surface area (Å²) in [4.78, 5) is 10.8. The molecule has 0 fully saturated rings. The van der Waals surface area contributed by atoms with Crippen LogP contribution in [0.5, 0.6) is 0 Å². The van der Waals surface area contributed by atoms with E-state index in [4.69, 9.17) is 0 Å². The molecule has 0 aliphatic heterocycles. The van der Waals surface area contributed by atoms with Crippen molar-refractivity contribution in [1.29, 1.82) is 0 Å². The molecule has 0 atom stereocenters. The fraction of sp³-hybridized carbons (Fsp3) is 0.250. The second-order valence-corrected chi connectivity index (χ2v) is 2.47. The van der Waals surface area contributed by atoms with Crippen LogP contribution in [0.3, 0.4) is 0 Å². The zero-order valence-corrected chi connectivity index (χ0v) is 8.23. The quantitative estimate of drug-likeness (QED) is 0.464. The minimum Gasteiger partial charge on any atom is -0.295 e. The molecule has 0 aromatic rings. The van der Waals surface area contributed by atoms with Crippen LogP contribution in [0.25, 0.3) is 0 Å². The van der Waals surface area contributed by atoms with Crippen LogP contribution < -0.4 is 0 Å². The van der Waals surface area contributed by atoms with Crippen molar-refractivity contribution >= 4 is 5.78 Å². The van der Waals surface area contributed by atoms with Crippen LogP contribution in [-0.2, 0) is 4.79 Å². The highest BCUT2D eigenvalue weighted by Gasteiger charge is 1.85. The zero-order chi connectivity index (χ0) is 9.94. The molecule has 0 bridgehead atoms. The molecule has 1 heteroatoms. The maximum Gasteiger partial charge on any atom is 0.155 e. The molecule has 0 aromatic carbocycles. The maximum atomic E-state index is 10.8. The standard InChI is InChI=1S/C12H16O/c1-3-5-6-7-8-9-10-11-12(13)4-2/h3,5-11H,4H2,1-2H3/b5-3+,7-6+,9-8+,11-10+. The second-order valence-electron chi connectivity index (χ2n) is 2.47. The predicted octanol–water partition coefficient (Wildman–Crippen LogP) is 3.21. The Kier molecular flexibility index (Phi) is 7.80. The summed E-state index contributed by atoms with van der Waals surface area (Å²) in [5.74, 6) is 0.155. The Morgan fingerprint density at radius 3 is 2.08 bits per heavy atom. The van der Waals surface area contributed by atoms with Gasteiger partial charge in [-0.15, -0.1) is 0 Å². The van der Waals surface area contributed by atoms with Gasteiger partial charge in [0.15, 0.2) is 5.78 Å². The van der Waals surface area contributed by atoms with Crippen LogP contribution in [0.2, 0.25) is 0 Å². The van der Waals surface area contributed by atoms with E-state index in [-0.39, 0.29) is 5.78 Å². The first-order chi connectivity index (χ1) is 6.31. The van der Waals surface area contributed by atoms with Crippen LogP contribution >= 0.6 is 0 Å². The lowest BCUT2D eigenvalue weighted by Crippen LogP contribution is -1.85. The maximum absolute atomic E-state index is 10.8. The van der Waals surface area contributed by atoms with Gasteiger partial charge in [-0.2, -0.15) is 0 Å². The van der Waals surface area contributed by atoms with Crippen molar-refractivity contribution in [2.45, 2.75) is 20.3 Å². The van der Waals surface area contributed by atoms with Crippen molar-refractivity contribution in [3.8, 4) is 0 Å². The molecule has 0 unspecified atom stereocenters. The Bertz CT molecular complexity index is 242. The Labute approximate surface area is 80.2 Å². The fourth-order valence-corrected chi connectivity index (χ4v) is 0.648. The lowest BCUT2D eigenvalue weighted by molar-refractivity contribution is -0.114. The molecule has 13 heavy (non-hydrogen) atoms. The fourth-order valence-electron chi connectivity index (χ4n) is 0.648. The third-order valence-electron chi connectivity index (χ3n) is 1.38. The molecule has 0 aliphatic rings. The van der Waals surface area contributed by atoms with Crippen molar-refractivity contribution in [2.24, 2.45) is 0 Å².